The normalized spacial score (nSPS) is 2.33. The maximum absolute atomic E-state index is 7.75. The summed E-state index contributed by atoms with van der Waals surface area (Å²) in [6, 6.07) is 0. The number of allylic oxidation sites excluding steroid dienone is 1. The third-order valence-electron chi connectivity index (χ3n) is 0. The van der Waals surface area contributed by atoms with Crippen LogP contribution in [0.4, 0.5) is 0 Å². The van der Waals surface area contributed by atoms with Gasteiger partial charge in [-0.25, -0.2) is 19.6 Å². The van der Waals surface area contributed by atoms with Crippen molar-refractivity contribution in [3.8, 4) is 0 Å². The van der Waals surface area contributed by atoms with Crippen molar-refractivity contribution in [1.29, 1.82) is 0 Å². The minimum absolute atomic E-state index is 0. The molecule has 0 fully saturated rings. The van der Waals surface area contributed by atoms with Gasteiger partial charge in [0, 0.05) is 0 Å². The number of hydrogen-bond donors (Lipinski definition) is 0. The van der Waals surface area contributed by atoms with Crippen molar-refractivity contribution in [2.45, 2.75) is 0 Å². The molecule has 0 heterocycles. The zero-order chi connectivity index (χ0) is 10.7. The Bertz CT molecular complexity index is 44.7. The summed E-state index contributed by atoms with van der Waals surface area (Å²) in [6.45, 7) is 19.5. The Morgan fingerprint density at radius 1 is 0.833 bits per heavy atom. The molecule has 4 nitrogen and oxygen atoms in total. The Kier molecular flexibility index (Phi) is 389000. The van der Waals surface area contributed by atoms with E-state index in [1.807, 2.05) is 0 Å². The second-order valence-electron chi connectivity index (χ2n) is 0.289. The van der Waals surface area contributed by atoms with Crippen LogP contribution in [0.5, 0.6) is 0 Å². The molecule has 0 amide bonds. The van der Waals surface area contributed by atoms with Crippen LogP contribution in [0, 0.1) is 6.92 Å². The predicted molar refractivity (Wildman–Crippen MR) is 42.6 cm³/mol. The van der Waals surface area contributed by atoms with Gasteiger partial charge in [-0.2, -0.15) is 0 Å². The molecule has 0 aromatic carbocycles. The first kappa shape index (κ1) is 44.4. The Hall–Kier alpha value is -1.09. The van der Waals surface area contributed by atoms with Crippen molar-refractivity contribution < 1.29 is 38.7 Å². The van der Waals surface area contributed by atoms with Crippen LogP contribution in [-0.4, -0.2) is 27.2 Å². The van der Waals surface area contributed by atoms with Crippen LogP contribution in [0.3, 0.4) is 0 Å². The summed E-state index contributed by atoms with van der Waals surface area (Å²) in [4.78, 5) is 31.0. The van der Waals surface area contributed by atoms with Crippen LogP contribution in [0.25, 0.3) is 0 Å². The Morgan fingerprint density at radius 3 is 0.833 bits per heavy atom. The fourth-order valence-corrected chi connectivity index (χ4v) is 0. The first-order chi connectivity index (χ1) is 5.41. The van der Waals surface area contributed by atoms with E-state index in [2.05, 4.69) is 40.7 Å². The second-order valence-corrected chi connectivity index (χ2v) is 0.289. The van der Waals surface area contributed by atoms with Gasteiger partial charge in [0.1, 0.15) is 0 Å². The fraction of sp³-hybridized carbons (Fsp3) is 0. The number of hydrogen-bond acceptors (Lipinski definition) is 4. The van der Waals surface area contributed by atoms with Crippen LogP contribution >= 0.6 is 0 Å². The van der Waals surface area contributed by atoms with E-state index in [4.69, 9.17) is 19.2 Å². The van der Waals surface area contributed by atoms with E-state index >= 15 is 0 Å². The molecule has 0 unspecified atom stereocenters. The quantitative estimate of drug-likeness (QED) is 0.346. The zero-order valence-corrected chi connectivity index (χ0v) is 8.03. The molecule has 0 aromatic heterocycles. The van der Waals surface area contributed by atoms with Gasteiger partial charge in [0.2, 0.25) is 0 Å². The molecule has 0 aliphatic rings. The standard InChI is InChI=1S/C3H5.4CHO.Ru/c1-3-2;4*1-2;/h3H,1-2H2;4*1H;/q5*-1;+5. The number of carbonyl (C=O) groups excluding carboxylic acids is 4. The second kappa shape index (κ2) is 105000. The van der Waals surface area contributed by atoms with E-state index in [-0.39, 0.29) is 19.5 Å². The van der Waals surface area contributed by atoms with Gasteiger partial charge >= 0.3 is 19.5 Å². The van der Waals surface area contributed by atoms with E-state index in [1.54, 1.807) is 0 Å². The molecule has 69 valence electrons. The van der Waals surface area contributed by atoms with Gasteiger partial charge in [0.25, 0.3) is 0 Å². The minimum atomic E-state index is 0. The molecule has 0 saturated heterocycles. The smallest absolute Gasteiger partial charge is 0.545 e. The van der Waals surface area contributed by atoms with E-state index in [1.165, 1.54) is 6.08 Å². The molecule has 0 saturated carbocycles. The summed E-state index contributed by atoms with van der Waals surface area (Å²) < 4.78 is 0. The SMILES string of the molecule is C=C[CH2-].[CH-]=O.[CH-]=O.[CH-]=O.[CH-]=O.[Ru+5]. The fourth-order valence-electron chi connectivity index (χ4n) is 0. The largest absolute Gasteiger partial charge is 5.00 e. The van der Waals surface area contributed by atoms with Crippen molar-refractivity contribution in [3.05, 3.63) is 19.6 Å². The molecule has 0 aromatic rings. The van der Waals surface area contributed by atoms with Crippen LogP contribution in [0.2, 0.25) is 0 Å². The molecule has 0 aliphatic carbocycles. The van der Waals surface area contributed by atoms with Gasteiger partial charge in [-0.1, -0.05) is 0 Å². The van der Waals surface area contributed by atoms with Crippen molar-refractivity contribution >= 4 is 27.2 Å². The van der Waals surface area contributed by atoms with E-state index in [0.29, 0.717) is 0 Å². The van der Waals surface area contributed by atoms with Crippen LogP contribution in [0.1, 0.15) is 0 Å². The van der Waals surface area contributed by atoms with Crippen molar-refractivity contribution in [3.63, 3.8) is 0 Å². The van der Waals surface area contributed by atoms with Crippen LogP contribution < -0.4 is 0 Å². The summed E-state index contributed by atoms with van der Waals surface area (Å²) in [5, 5.41) is 0. The van der Waals surface area contributed by atoms with Crippen LogP contribution in [-0.2, 0) is 38.7 Å². The van der Waals surface area contributed by atoms with E-state index in [9.17, 15) is 0 Å². The number of rotatable bonds is 0. The van der Waals surface area contributed by atoms with E-state index in [0.717, 1.165) is 0 Å². The molecule has 0 aliphatic heterocycles. The molecule has 0 bridgehead atoms. The zero-order valence-electron chi connectivity index (χ0n) is 6.29. The first-order valence-electron chi connectivity index (χ1n) is 1.76. The van der Waals surface area contributed by atoms with Gasteiger partial charge < -0.3 is 19.2 Å². The van der Waals surface area contributed by atoms with Gasteiger partial charge in [-0.05, 0) is 0 Å². The predicted octanol–water partition coefficient (Wildman–Crippen LogP) is -0.0924. The van der Waals surface area contributed by atoms with E-state index < -0.39 is 0 Å². The molecule has 1 radical (unpaired) electrons. The Balaban J connectivity index is -0.00000000933. The maximum Gasteiger partial charge on any atom is 5.00 e. The summed E-state index contributed by atoms with van der Waals surface area (Å²) in [7, 11) is 0. The Labute approximate surface area is 85.8 Å². The monoisotopic (exact) mass is 259 g/mol. The molecule has 0 atom stereocenters. The molecule has 0 spiro atoms. The third-order valence-corrected chi connectivity index (χ3v) is 0. The van der Waals surface area contributed by atoms with Crippen LogP contribution in [0.15, 0.2) is 12.7 Å². The summed E-state index contributed by atoms with van der Waals surface area (Å²) in [6.07, 6.45) is 1.50. The van der Waals surface area contributed by atoms with Crippen molar-refractivity contribution in [2.75, 3.05) is 0 Å². The average molecular weight is 258 g/mol. The molecule has 0 N–H and O–H groups in total. The van der Waals surface area contributed by atoms with Crippen molar-refractivity contribution in [1.82, 2.24) is 0 Å². The summed E-state index contributed by atoms with van der Waals surface area (Å²) in [5.41, 5.74) is 0. The molecule has 5 heteroatoms. The van der Waals surface area contributed by atoms with Gasteiger partial charge in [-0.3, -0.25) is 27.2 Å². The maximum atomic E-state index is 7.75. The summed E-state index contributed by atoms with van der Waals surface area (Å²) in [5.74, 6) is 0. The average Bonchev–Trinajstić information content (AvgIpc) is 2.18. The summed E-state index contributed by atoms with van der Waals surface area (Å²) >= 11 is 0. The third kappa shape index (κ3) is 473. The van der Waals surface area contributed by atoms with Gasteiger partial charge in [0.05, 0.1) is 0 Å². The molecular weight excluding hydrogens is 249 g/mol. The first-order valence-corrected chi connectivity index (χ1v) is 1.76. The molecular formula is C7H9O4Ru. The molecule has 0 rings (SSSR count). The minimum Gasteiger partial charge on any atom is -0.545 e. The van der Waals surface area contributed by atoms with Crippen molar-refractivity contribution in [2.24, 2.45) is 0 Å². The molecule has 12 heavy (non-hydrogen) atoms. The van der Waals surface area contributed by atoms with Gasteiger partial charge in [0.15, 0.2) is 0 Å². The topological polar surface area (TPSA) is 68.3 Å². The van der Waals surface area contributed by atoms with Gasteiger partial charge in [-0.15, -0.1) is 0 Å². The Morgan fingerprint density at radius 2 is 0.833 bits per heavy atom.